The largest absolute Gasteiger partial charge is 0.440 e. The first-order valence-electron chi connectivity index (χ1n) is 8.34. The van der Waals surface area contributed by atoms with Gasteiger partial charge in [0.1, 0.15) is 0 Å². The summed E-state index contributed by atoms with van der Waals surface area (Å²) < 4.78 is 5.59. The Balaban J connectivity index is 1.59. The van der Waals surface area contributed by atoms with Gasteiger partial charge in [-0.15, -0.1) is 0 Å². The van der Waals surface area contributed by atoms with Crippen LogP contribution in [0.5, 0.6) is 0 Å². The minimum Gasteiger partial charge on any atom is -0.440 e. The summed E-state index contributed by atoms with van der Waals surface area (Å²) in [6.07, 6.45) is 0.127. The molecule has 0 aliphatic carbocycles. The highest BCUT2D eigenvalue weighted by molar-refractivity contribution is 5.98. The second-order valence-corrected chi connectivity index (χ2v) is 6.21. The Morgan fingerprint density at radius 1 is 1.23 bits per heavy atom. The monoisotopic (exact) mass is 356 g/mol. The molecule has 0 unspecified atom stereocenters. The zero-order chi connectivity index (χ0) is 18.7. The van der Waals surface area contributed by atoms with Crippen molar-refractivity contribution in [1.82, 2.24) is 15.2 Å². The minimum atomic E-state index is -0.501. The number of nitrogens with two attached hydrogens (primary N) is 1. The number of carbonyl (C=O) groups excluding carboxylic acids is 3. The van der Waals surface area contributed by atoms with Crippen LogP contribution in [0.1, 0.15) is 29.2 Å². The fourth-order valence-electron chi connectivity index (χ4n) is 2.78. The number of nitrogens with one attached hydrogen (secondary N) is 1. The first kappa shape index (κ1) is 17.7. The summed E-state index contributed by atoms with van der Waals surface area (Å²) in [6.45, 7) is 2.49. The average molecular weight is 356 g/mol. The summed E-state index contributed by atoms with van der Waals surface area (Å²) >= 11 is 0. The number of aryl methyl sites for hydroxylation is 1. The Labute approximate surface area is 150 Å². The third-order valence-electron chi connectivity index (χ3n) is 4.14. The third kappa shape index (κ3) is 3.90. The van der Waals surface area contributed by atoms with Crippen LogP contribution >= 0.6 is 0 Å². The molecule has 0 radical (unpaired) electrons. The van der Waals surface area contributed by atoms with Crippen LogP contribution in [0.4, 0.5) is 0 Å². The van der Waals surface area contributed by atoms with E-state index in [9.17, 15) is 14.4 Å². The van der Waals surface area contributed by atoms with Crippen LogP contribution in [0.25, 0.3) is 11.3 Å². The summed E-state index contributed by atoms with van der Waals surface area (Å²) in [5.74, 6) is -0.148. The highest BCUT2D eigenvalue weighted by atomic mass is 16.4. The zero-order valence-electron chi connectivity index (χ0n) is 14.4. The fourth-order valence-corrected chi connectivity index (χ4v) is 2.78. The Morgan fingerprint density at radius 2 is 1.92 bits per heavy atom. The molecule has 1 fully saturated rings. The van der Waals surface area contributed by atoms with Crippen molar-refractivity contribution < 1.29 is 18.8 Å². The van der Waals surface area contributed by atoms with E-state index in [1.54, 1.807) is 11.8 Å². The smallest absolute Gasteiger partial charge is 0.274 e. The Kier molecular flexibility index (Phi) is 5.01. The number of amides is 3. The van der Waals surface area contributed by atoms with Crippen molar-refractivity contribution in [2.45, 2.75) is 25.8 Å². The lowest BCUT2D eigenvalue weighted by molar-refractivity contribution is -0.137. The predicted octanol–water partition coefficient (Wildman–Crippen LogP) is 0.856. The van der Waals surface area contributed by atoms with Crippen molar-refractivity contribution in [2.24, 2.45) is 5.73 Å². The maximum atomic E-state index is 12.5. The molecule has 1 aromatic heterocycles. The molecule has 1 aliphatic rings. The van der Waals surface area contributed by atoms with Gasteiger partial charge in [-0.25, -0.2) is 4.98 Å². The van der Waals surface area contributed by atoms with Gasteiger partial charge in [-0.2, -0.15) is 0 Å². The summed E-state index contributed by atoms with van der Waals surface area (Å²) in [6, 6.07) is 9.14. The molecular weight excluding hydrogens is 336 g/mol. The van der Waals surface area contributed by atoms with Gasteiger partial charge < -0.3 is 20.4 Å². The van der Waals surface area contributed by atoms with Gasteiger partial charge in [0.25, 0.3) is 5.91 Å². The number of aromatic nitrogens is 1. The van der Waals surface area contributed by atoms with E-state index in [1.165, 1.54) is 0 Å². The number of hydrogen-bond acceptors (Lipinski definition) is 5. The van der Waals surface area contributed by atoms with Gasteiger partial charge >= 0.3 is 0 Å². The van der Waals surface area contributed by atoms with Gasteiger partial charge in [-0.1, -0.05) is 30.3 Å². The van der Waals surface area contributed by atoms with Gasteiger partial charge in [-0.05, 0) is 0 Å². The predicted molar refractivity (Wildman–Crippen MR) is 92.9 cm³/mol. The lowest BCUT2D eigenvalue weighted by Crippen LogP contribution is -2.61. The van der Waals surface area contributed by atoms with Crippen molar-refractivity contribution in [3.05, 3.63) is 41.9 Å². The molecule has 1 aliphatic heterocycles. The van der Waals surface area contributed by atoms with Gasteiger partial charge in [0, 0.05) is 38.4 Å². The molecule has 8 heteroatoms. The van der Waals surface area contributed by atoms with Gasteiger partial charge in [-0.3, -0.25) is 14.4 Å². The molecule has 3 rings (SSSR count). The number of rotatable bonds is 6. The van der Waals surface area contributed by atoms with Crippen LogP contribution < -0.4 is 11.1 Å². The third-order valence-corrected chi connectivity index (χ3v) is 4.14. The Bertz CT molecular complexity index is 825. The summed E-state index contributed by atoms with van der Waals surface area (Å²) in [5, 5.41) is 2.86. The SMILES string of the molecule is Cc1nc(C(=O)NC2CN(C(=O)CCC(N)=O)C2)c(-c2ccccc2)o1. The number of carbonyl (C=O) groups is 3. The van der Waals surface area contributed by atoms with Crippen LogP contribution in [-0.2, 0) is 9.59 Å². The van der Waals surface area contributed by atoms with Gasteiger partial charge in [0.2, 0.25) is 11.8 Å². The van der Waals surface area contributed by atoms with Crippen LogP contribution in [0.15, 0.2) is 34.7 Å². The number of primary amides is 1. The average Bonchev–Trinajstić information content (AvgIpc) is 2.98. The molecule has 2 aromatic rings. The van der Waals surface area contributed by atoms with E-state index in [-0.39, 0.29) is 36.4 Å². The van der Waals surface area contributed by atoms with E-state index in [1.807, 2.05) is 30.3 Å². The van der Waals surface area contributed by atoms with Crippen molar-refractivity contribution in [3.63, 3.8) is 0 Å². The molecule has 0 atom stereocenters. The van der Waals surface area contributed by atoms with Crippen LogP contribution in [0, 0.1) is 6.92 Å². The topological polar surface area (TPSA) is 119 Å². The van der Waals surface area contributed by atoms with Gasteiger partial charge in [0.05, 0.1) is 6.04 Å². The molecule has 0 bridgehead atoms. The maximum absolute atomic E-state index is 12.5. The maximum Gasteiger partial charge on any atom is 0.274 e. The van der Waals surface area contributed by atoms with E-state index in [2.05, 4.69) is 10.3 Å². The number of hydrogen-bond donors (Lipinski definition) is 2. The van der Waals surface area contributed by atoms with Crippen molar-refractivity contribution in [1.29, 1.82) is 0 Å². The van der Waals surface area contributed by atoms with Crippen molar-refractivity contribution in [3.8, 4) is 11.3 Å². The number of likely N-dealkylation sites (tertiary alicyclic amines) is 1. The highest BCUT2D eigenvalue weighted by Gasteiger charge is 2.33. The second-order valence-electron chi connectivity index (χ2n) is 6.21. The molecule has 3 amide bonds. The summed E-state index contributed by atoms with van der Waals surface area (Å²) in [5.41, 5.74) is 6.04. The quantitative estimate of drug-likeness (QED) is 0.795. The first-order chi connectivity index (χ1) is 12.4. The van der Waals surface area contributed by atoms with E-state index in [0.717, 1.165) is 5.56 Å². The Morgan fingerprint density at radius 3 is 2.58 bits per heavy atom. The molecule has 1 aromatic carbocycles. The standard InChI is InChI=1S/C18H20N4O4/c1-11-20-16(17(26-11)12-5-3-2-4-6-12)18(25)21-13-9-22(10-13)15(24)8-7-14(19)23/h2-6,13H,7-10H2,1H3,(H2,19,23)(H,21,25). The van der Waals surface area contributed by atoms with Crippen molar-refractivity contribution in [2.75, 3.05) is 13.1 Å². The molecule has 136 valence electrons. The fraction of sp³-hybridized carbons (Fsp3) is 0.333. The van der Waals surface area contributed by atoms with E-state index >= 15 is 0 Å². The second kappa shape index (κ2) is 7.38. The zero-order valence-corrected chi connectivity index (χ0v) is 14.4. The normalized spacial score (nSPS) is 14.0. The lowest BCUT2D eigenvalue weighted by atomic mass is 10.1. The minimum absolute atomic E-state index is 0.0327. The summed E-state index contributed by atoms with van der Waals surface area (Å²) in [7, 11) is 0. The molecule has 0 spiro atoms. The number of nitrogens with zero attached hydrogens (tertiary/aromatic N) is 2. The molecule has 8 nitrogen and oxygen atoms in total. The van der Waals surface area contributed by atoms with Crippen LogP contribution in [0.3, 0.4) is 0 Å². The number of benzene rings is 1. The molecule has 3 N–H and O–H groups in total. The molecular formula is C18H20N4O4. The molecule has 2 heterocycles. The highest BCUT2D eigenvalue weighted by Crippen LogP contribution is 2.25. The molecule has 0 saturated carbocycles. The van der Waals surface area contributed by atoms with Crippen molar-refractivity contribution >= 4 is 17.7 Å². The van der Waals surface area contributed by atoms with Crippen LogP contribution in [-0.4, -0.2) is 46.7 Å². The molecule has 1 saturated heterocycles. The lowest BCUT2D eigenvalue weighted by Gasteiger charge is -2.39. The Hall–Kier alpha value is -3.16. The van der Waals surface area contributed by atoms with E-state index in [4.69, 9.17) is 10.2 Å². The van der Waals surface area contributed by atoms with E-state index < -0.39 is 5.91 Å². The first-order valence-corrected chi connectivity index (χ1v) is 8.34. The molecule has 26 heavy (non-hydrogen) atoms. The van der Waals surface area contributed by atoms with E-state index in [0.29, 0.717) is 24.7 Å². The van der Waals surface area contributed by atoms with Crippen LogP contribution in [0.2, 0.25) is 0 Å². The summed E-state index contributed by atoms with van der Waals surface area (Å²) in [4.78, 5) is 40.9. The number of oxazole rings is 1. The van der Waals surface area contributed by atoms with Gasteiger partial charge in [0.15, 0.2) is 17.3 Å².